The largest absolute Gasteiger partial charge is 0.458 e. The highest BCUT2D eigenvalue weighted by Crippen LogP contribution is 2.08. The zero-order valence-electron chi connectivity index (χ0n) is 14.4. The average Bonchev–Trinajstić information content (AvgIpc) is 2.45. The summed E-state index contributed by atoms with van der Waals surface area (Å²) in [5.74, 6) is -0.528. The number of carbonyl (C=O) groups excluding carboxylic acids is 2. The number of rotatable bonds is 8. The molecular weight excluding hydrogens is 294 g/mol. The Hall–Kier alpha value is -1.88. The summed E-state index contributed by atoms with van der Waals surface area (Å²) in [6.45, 7) is 7.86. The minimum absolute atomic E-state index is 0.0188. The lowest BCUT2D eigenvalue weighted by atomic mass is 10.0. The number of carbonyl (C=O) groups is 2. The number of amides is 1. The Morgan fingerprint density at radius 1 is 1.17 bits per heavy atom. The molecular formula is C18H27NO4. The predicted octanol–water partition coefficient (Wildman–Crippen LogP) is 2.34. The maximum atomic E-state index is 12.0. The van der Waals surface area contributed by atoms with E-state index in [-0.39, 0.29) is 25.0 Å². The Labute approximate surface area is 138 Å². The van der Waals surface area contributed by atoms with Crippen LogP contribution in [0.4, 0.5) is 0 Å². The van der Waals surface area contributed by atoms with Gasteiger partial charge in [0.05, 0.1) is 6.61 Å². The molecule has 5 nitrogen and oxygen atoms in total. The monoisotopic (exact) mass is 321 g/mol. The third-order valence-corrected chi connectivity index (χ3v) is 3.02. The van der Waals surface area contributed by atoms with E-state index in [9.17, 15) is 9.59 Å². The highest BCUT2D eigenvalue weighted by molar-refractivity contribution is 5.78. The van der Waals surface area contributed by atoms with Crippen LogP contribution in [-0.2, 0) is 25.5 Å². The molecule has 0 unspecified atom stereocenters. The molecule has 1 aromatic rings. The molecule has 1 aromatic carbocycles. The molecule has 1 amide bonds. The molecule has 0 saturated carbocycles. The maximum Gasteiger partial charge on any atom is 0.332 e. The molecule has 0 heterocycles. The van der Waals surface area contributed by atoms with Crippen LogP contribution in [0.1, 0.15) is 33.3 Å². The van der Waals surface area contributed by atoms with E-state index in [1.54, 1.807) is 20.8 Å². The Morgan fingerprint density at radius 3 is 2.43 bits per heavy atom. The van der Waals surface area contributed by atoms with Crippen molar-refractivity contribution in [2.45, 2.75) is 39.7 Å². The van der Waals surface area contributed by atoms with Gasteiger partial charge in [0.25, 0.3) is 0 Å². The Bertz CT molecular complexity index is 493. The number of esters is 1. The summed E-state index contributed by atoms with van der Waals surface area (Å²) in [4.78, 5) is 23.4. The zero-order chi connectivity index (χ0) is 17.3. The van der Waals surface area contributed by atoms with Gasteiger partial charge in [0.2, 0.25) is 5.91 Å². The van der Waals surface area contributed by atoms with Crippen molar-refractivity contribution < 1.29 is 19.1 Å². The molecule has 0 aliphatic rings. The molecule has 1 rings (SSSR count). The van der Waals surface area contributed by atoms with Crippen LogP contribution < -0.4 is 5.32 Å². The van der Waals surface area contributed by atoms with Crippen molar-refractivity contribution in [1.82, 2.24) is 5.32 Å². The fourth-order valence-corrected chi connectivity index (χ4v) is 2.01. The van der Waals surface area contributed by atoms with Gasteiger partial charge in [0, 0.05) is 12.5 Å². The Kier molecular flexibility index (Phi) is 7.75. The van der Waals surface area contributed by atoms with Crippen LogP contribution >= 0.6 is 0 Å². The highest BCUT2D eigenvalue weighted by Gasteiger charge is 2.16. The number of nitrogens with one attached hydrogen (secondary N) is 1. The van der Waals surface area contributed by atoms with Gasteiger partial charge >= 0.3 is 5.97 Å². The molecule has 23 heavy (non-hydrogen) atoms. The highest BCUT2D eigenvalue weighted by atomic mass is 16.6. The molecule has 5 heteroatoms. The summed E-state index contributed by atoms with van der Waals surface area (Å²) in [5, 5.41) is 2.81. The fourth-order valence-electron chi connectivity index (χ4n) is 2.01. The van der Waals surface area contributed by atoms with Crippen molar-refractivity contribution in [1.29, 1.82) is 0 Å². The molecule has 0 aromatic heterocycles. The molecule has 0 aliphatic carbocycles. The second-order valence-corrected chi connectivity index (χ2v) is 6.52. The summed E-state index contributed by atoms with van der Waals surface area (Å²) in [7, 11) is 0. The van der Waals surface area contributed by atoms with E-state index in [1.165, 1.54) is 0 Å². The second-order valence-electron chi connectivity index (χ2n) is 6.52. The number of benzene rings is 1. The van der Waals surface area contributed by atoms with Crippen molar-refractivity contribution in [2.24, 2.45) is 5.92 Å². The van der Waals surface area contributed by atoms with Crippen molar-refractivity contribution in [2.75, 3.05) is 19.8 Å². The molecule has 0 bridgehead atoms. The van der Waals surface area contributed by atoms with Crippen LogP contribution in [0.15, 0.2) is 30.3 Å². The fraction of sp³-hybridized carbons (Fsp3) is 0.556. The van der Waals surface area contributed by atoms with Gasteiger partial charge in [-0.25, -0.2) is 4.79 Å². The first-order valence-corrected chi connectivity index (χ1v) is 7.89. The Balaban J connectivity index is 2.15. The molecule has 0 spiro atoms. The average molecular weight is 321 g/mol. The first-order valence-electron chi connectivity index (χ1n) is 7.89. The summed E-state index contributed by atoms with van der Waals surface area (Å²) in [5.41, 5.74) is 0.623. The lowest BCUT2D eigenvalue weighted by molar-refractivity contribution is -0.160. The van der Waals surface area contributed by atoms with Crippen molar-refractivity contribution >= 4 is 11.9 Å². The van der Waals surface area contributed by atoms with Gasteiger partial charge in [0.15, 0.2) is 0 Å². The van der Waals surface area contributed by atoms with Gasteiger partial charge in [0.1, 0.15) is 12.2 Å². The molecule has 1 atom stereocenters. The lowest BCUT2D eigenvalue weighted by Gasteiger charge is -2.19. The summed E-state index contributed by atoms with van der Waals surface area (Å²) in [6.07, 6.45) is 0.700. The van der Waals surface area contributed by atoms with Crippen LogP contribution in [0.3, 0.4) is 0 Å². The van der Waals surface area contributed by atoms with Crippen molar-refractivity contribution in [3.63, 3.8) is 0 Å². The van der Waals surface area contributed by atoms with E-state index in [0.717, 1.165) is 5.56 Å². The van der Waals surface area contributed by atoms with Gasteiger partial charge in [-0.05, 0) is 32.8 Å². The number of ether oxygens (including phenoxy) is 2. The standard InChI is InChI=1S/C18H27NO4/c1-14(12-15-8-6-5-7-9-15)17(21)19-10-11-22-13-16(20)23-18(2,3)4/h5-9,14H,10-13H2,1-4H3,(H,19,21)/t14-/m0/s1. The van der Waals surface area contributed by atoms with E-state index in [2.05, 4.69) is 5.32 Å². The summed E-state index contributed by atoms with van der Waals surface area (Å²) >= 11 is 0. The quantitative estimate of drug-likeness (QED) is 0.589. The topological polar surface area (TPSA) is 64.6 Å². The SMILES string of the molecule is C[C@@H](Cc1ccccc1)C(=O)NCCOCC(=O)OC(C)(C)C. The number of hydrogen-bond donors (Lipinski definition) is 1. The minimum Gasteiger partial charge on any atom is -0.458 e. The molecule has 0 saturated heterocycles. The number of hydrogen-bond acceptors (Lipinski definition) is 4. The maximum absolute atomic E-state index is 12.0. The van der Waals surface area contributed by atoms with Crippen molar-refractivity contribution in [3.8, 4) is 0 Å². The van der Waals surface area contributed by atoms with Crippen LogP contribution in [0.25, 0.3) is 0 Å². The molecule has 0 aliphatic heterocycles. The summed E-state index contributed by atoms with van der Waals surface area (Å²) in [6, 6.07) is 9.90. The predicted molar refractivity (Wildman–Crippen MR) is 89.0 cm³/mol. The van der Waals surface area contributed by atoms with Gasteiger partial charge in [-0.2, -0.15) is 0 Å². The van der Waals surface area contributed by atoms with E-state index in [4.69, 9.17) is 9.47 Å². The first kappa shape index (κ1) is 19.2. The normalized spacial score (nSPS) is 12.5. The molecule has 128 valence electrons. The molecule has 0 radical (unpaired) electrons. The van der Waals surface area contributed by atoms with Gasteiger partial charge < -0.3 is 14.8 Å². The zero-order valence-corrected chi connectivity index (χ0v) is 14.4. The van der Waals surface area contributed by atoms with Gasteiger partial charge in [-0.15, -0.1) is 0 Å². The van der Waals surface area contributed by atoms with Crippen LogP contribution in [0, 0.1) is 5.92 Å². The smallest absolute Gasteiger partial charge is 0.332 e. The first-order chi connectivity index (χ1) is 10.8. The second kappa shape index (κ2) is 9.30. The molecule has 1 N–H and O–H groups in total. The van der Waals surface area contributed by atoms with E-state index >= 15 is 0 Å². The van der Waals surface area contributed by atoms with Crippen LogP contribution in [0.2, 0.25) is 0 Å². The summed E-state index contributed by atoms with van der Waals surface area (Å²) < 4.78 is 10.3. The van der Waals surface area contributed by atoms with E-state index in [0.29, 0.717) is 13.0 Å². The van der Waals surface area contributed by atoms with Crippen LogP contribution in [0.5, 0.6) is 0 Å². The van der Waals surface area contributed by atoms with Crippen molar-refractivity contribution in [3.05, 3.63) is 35.9 Å². The molecule has 0 fully saturated rings. The van der Waals surface area contributed by atoms with E-state index in [1.807, 2.05) is 37.3 Å². The van der Waals surface area contributed by atoms with E-state index < -0.39 is 11.6 Å². The van der Waals surface area contributed by atoms with Gasteiger partial charge in [-0.3, -0.25) is 4.79 Å². The third-order valence-electron chi connectivity index (χ3n) is 3.02. The van der Waals surface area contributed by atoms with Crippen LogP contribution in [-0.4, -0.2) is 37.2 Å². The third kappa shape index (κ3) is 8.98. The Morgan fingerprint density at radius 2 is 1.83 bits per heavy atom. The minimum atomic E-state index is -0.512. The van der Waals surface area contributed by atoms with Gasteiger partial charge in [-0.1, -0.05) is 37.3 Å². The lowest BCUT2D eigenvalue weighted by Crippen LogP contribution is -2.33.